The Hall–Kier alpha value is -2.45. The summed E-state index contributed by atoms with van der Waals surface area (Å²) in [4.78, 5) is 25.1. The van der Waals surface area contributed by atoms with Gasteiger partial charge in [-0.25, -0.2) is 4.79 Å². The summed E-state index contributed by atoms with van der Waals surface area (Å²) in [6, 6.07) is 11.0. The molecule has 0 amide bonds. The summed E-state index contributed by atoms with van der Waals surface area (Å²) in [5.41, 5.74) is 1.36. The topological polar surface area (TPSA) is 74.1 Å². The van der Waals surface area contributed by atoms with Gasteiger partial charge in [0.15, 0.2) is 11.0 Å². The van der Waals surface area contributed by atoms with E-state index < -0.39 is 0 Å². The highest BCUT2D eigenvalue weighted by molar-refractivity contribution is 7.99. The number of esters is 1. The third-order valence-electron chi connectivity index (χ3n) is 4.00. The third-order valence-corrected chi connectivity index (χ3v) is 5.90. The van der Waals surface area contributed by atoms with Gasteiger partial charge in [-0.15, -0.1) is 21.5 Å². The van der Waals surface area contributed by atoms with Crippen LogP contribution in [0.5, 0.6) is 0 Å². The van der Waals surface area contributed by atoms with E-state index >= 15 is 0 Å². The number of nitrogens with zero attached hydrogens (tertiary/aromatic N) is 3. The second kappa shape index (κ2) is 9.66. The molecule has 2 heterocycles. The zero-order valence-corrected chi connectivity index (χ0v) is 17.4. The van der Waals surface area contributed by atoms with Gasteiger partial charge in [0.2, 0.25) is 0 Å². The van der Waals surface area contributed by atoms with Crippen molar-refractivity contribution in [1.29, 1.82) is 0 Å². The highest BCUT2D eigenvalue weighted by Crippen LogP contribution is 2.27. The van der Waals surface area contributed by atoms with Crippen molar-refractivity contribution in [1.82, 2.24) is 14.8 Å². The lowest BCUT2D eigenvalue weighted by atomic mass is 10.1. The second-order valence-electron chi connectivity index (χ2n) is 5.95. The van der Waals surface area contributed by atoms with Crippen LogP contribution < -0.4 is 0 Å². The lowest BCUT2D eigenvalue weighted by Gasteiger charge is -2.06. The van der Waals surface area contributed by atoms with Crippen LogP contribution in [-0.4, -0.2) is 38.9 Å². The summed E-state index contributed by atoms with van der Waals surface area (Å²) in [6.07, 6.45) is 0.314. The number of benzene rings is 1. The fourth-order valence-corrected chi connectivity index (χ4v) is 4.24. The maximum absolute atomic E-state index is 12.4. The zero-order chi connectivity index (χ0) is 19.9. The fraction of sp³-hybridized carbons (Fsp3) is 0.300. The van der Waals surface area contributed by atoms with Gasteiger partial charge in [0.25, 0.3) is 0 Å². The molecule has 8 heteroatoms. The van der Waals surface area contributed by atoms with Gasteiger partial charge in [0.05, 0.1) is 22.8 Å². The fourth-order valence-electron chi connectivity index (χ4n) is 2.67. The van der Waals surface area contributed by atoms with Crippen molar-refractivity contribution in [2.24, 2.45) is 0 Å². The SMILES string of the molecule is CCOC(=O)c1ccc(CC(=O)CSc2nnc(-c3cccs3)n2CC)cc1. The molecule has 3 rings (SSSR count). The predicted molar refractivity (Wildman–Crippen MR) is 111 cm³/mol. The summed E-state index contributed by atoms with van der Waals surface area (Å²) in [7, 11) is 0. The largest absolute Gasteiger partial charge is 0.462 e. The minimum Gasteiger partial charge on any atom is -0.462 e. The Morgan fingerprint density at radius 3 is 2.57 bits per heavy atom. The molecule has 0 aliphatic carbocycles. The van der Waals surface area contributed by atoms with Gasteiger partial charge >= 0.3 is 5.97 Å². The Kier molecular flexibility index (Phi) is 7.00. The minimum absolute atomic E-state index is 0.0946. The van der Waals surface area contributed by atoms with Gasteiger partial charge in [0.1, 0.15) is 5.78 Å². The van der Waals surface area contributed by atoms with E-state index in [-0.39, 0.29) is 11.8 Å². The second-order valence-corrected chi connectivity index (χ2v) is 7.84. The molecule has 0 atom stereocenters. The van der Waals surface area contributed by atoms with Gasteiger partial charge in [-0.05, 0) is 43.0 Å². The quantitative estimate of drug-likeness (QED) is 0.387. The Balaban J connectivity index is 1.58. The maximum atomic E-state index is 12.4. The van der Waals surface area contributed by atoms with Crippen molar-refractivity contribution in [3.8, 4) is 10.7 Å². The molecule has 28 heavy (non-hydrogen) atoms. The van der Waals surface area contributed by atoms with E-state index in [1.807, 2.05) is 29.0 Å². The lowest BCUT2D eigenvalue weighted by molar-refractivity contribution is -0.116. The number of aromatic nitrogens is 3. The Bertz CT molecular complexity index is 934. The molecule has 3 aromatic rings. The number of thiophene rings is 1. The minimum atomic E-state index is -0.351. The molecule has 2 aromatic heterocycles. The van der Waals surface area contributed by atoms with Crippen LogP contribution >= 0.6 is 23.1 Å². The smallest absolute Gasteiger partial charge is 0.338 e. The van der Waals surface area contributed by atoms with E-state index in [0.29, 0.717) is 24.3 Å². The average Bonchev–Trinajstić information content (AvgIpc) is 3.36. The van der Waals surface area contributed by atoms with Gasteiger partial charge in [0, 0.05) is 13.0 Å². The van der Waals surface area contributed by atoms with Crippen LogP contribution in [0.4, 0.5) is 0 Å². The van der Waals surface area contributed by atoms with Gasteiger partial charge in [-0.3, -0.25) is 4.79 Å². The average molecular weight is 416 g/mol. The van der Waals surface area contributed by atoms with Gasteiger partial charge < -0.3 is 9.30 Å². The number of rotatable bonds is 9. The van der Waals surface area contributed by atoms with Crippen LogP contribution in [0, 0.1) is 0 Å². The maximum Gasteiger partial charge on any atom is 0.338 e. The number of carbonyl (C=O) groups is 2. The van der Waals surface area contributed by atoms with E-state index in [9.17, 15) is 9.59 Å². The molecule has 0 saturated carbocycles. The molecule has 0 fully saturated rings. The number of hydrogen-bond acceptors (Lipinski definition) is 7. The van der Waals surface area contributed by atoms with Crippen molar-refractivity contribution in [3.05, 3.63) is 52.9 Å². The van der Waals surface area contributed by atoms with Gasteiger partial charge in [-0.2, -0.15) is 0 Å². The molecule has 0 saturated heterocycles. The van der Waals surface area contributed by atoms with Crippen molar-refractivity contribution >= 4 is 34.9 Å². The summed E-state index contributed by atoms with van der Waals surface area (Å²) >= 11 is 3.02. The van der Waals surface area contributed by atoms with Crippen LogP contribution in [0.3, 0.4) is 0 Å². The molecule has 0 aliphatic rings. The number of carbonyl (C=O) groups excluding carboxylic acids is 2. The first-order chi connectivity index (χ1) is 13.6. The molecule has 0 aliphatic heterocycles. The van der Waals surface area contributed by atoms with Crippen molar-refractivity contribution in [2.45, 2.75) is 32.0 Å². The molecule has 1 aromatic carbocycles. The number of ketones is 1. The highest BCUT2D eigenvalue weighted by atomic mass is 32.2. The van der Waals surface area contributed by atoms with Crippen molar-refractivity contribution < 1.29 is 14.3 Å². The summed E-state index contributed by atoms with van der Waals surface area (Å²) in [5, 5.41) is 11.3. The lowest BCUT2D eigenvalue weighted by Crippen LogP contribution is -2.08. The predicted octanol–water partition coefficient (Wildman–Crippen LogP) is 4.11. The highest BCUT2D eigenvalue weighted by Gasteiger charge is 2.15. The number of ether oxygens (including phenoxy) is 1. The molecule has 0 spiro atoms. The Morgan fingerprint density at radius 2 is 1.93 bits per heavy atom. The molecule has 146 valence electrons. The number of Topliss-reactive ketones (excluding diaryl/α,β-unsaturated/α-hetero) is 1. The molecular weight excluding hydrogens is 394 g/mol. The van der Waals surface area contributed by atoms with Gasteiger partial charge in [-0.1, -0.05) is 30.0 Å². The molecule has 6 nitrogen and oxygen atoms in total. The summed E-state index contributed by atoms with van der Waals surface area (Å²) < 4.78 is 6.99. The van der Waals surface area contributed by atoms with E-state index in [2.05, 4.69) is 10.2 Å². The van der Waals surface area contributed by atoms with Crippen LogP contribution in [-0.2, 0) is 22.5 Å². The molecular formula is C20H21N3O3S2. The van der Waals surface area contributed by atoms with E-state index in [4.69, 9.17) is 4.74 Å². The van der Waals surface area contributed by atoms with Crippen LogP contribution in [0.1, 0.15) is 29.8 Å². The van der Waals surface area contributed by atoms with E-state index in [0.717, 1.165) is 28.0 Å². The van der Waals surface area contributed by atoms with Crippen molar-refractivity contribution in [2.75, 3.05) is 12.4 Å². The molecule has 0 unspecified atom stereocenters. The normalized spacial score (nSPS) is 10.8. The monoisotopic (exact) mass is 415 g/mol. The summed E-state index contributed by atoms with van der Waals surface area (Å²) in [6.45, 7) is 4.89. The standard InChI is InChI=1S/C20H21N3O3S2/c1-3-23-18(17-6-5-11-27-17)21-22-20(23)28-13-16(24)12-14-7-9-15(10-8-14)19(25)26-4-2/h5-11H,3-4,12-13H2,1-2H3. The molecule has 0 bridgehead atoms. The first kappa shape index (κ1) is 20.3. The Labute approximate surface area is 171 Å². The van der Waals surface area contributed by atoms with Crippen molar-refractivity contribution in [3.63, 3.8) is 0 Å². The van der Waals surface area contributed by atoms with E-state index in [1.165, 1.54) is 11.8 Å². The van der Waals surface area contributed by atoms with Crippen LogP contribution in [0.2, 0.25) is 0 Å². The number of thioether (sulfide) groups is 1. The molecule has 0 N–H and O–H groups in total. The first-order valence-corrected chi connectivity index (χ1v) is 10.9. The van der Waals surface area contributed by atoms with Crippen LogP contribution in [0.25, 0.3) is 10.7 Å². The Morgan fingerprint density at radius 1 is 1.14 bits per heavy atom. The number of hydrogen-bond donors (Lipinski definition) is 0. The first-order valence-electron chi connectivity index (χ1n) is 9.00. The molecule has 0 radical (unpaired) electrons. The zero-order valence-electron chi connectivity index (χ0n) is 15.8. The van der Waals surface area contributed by atoms with E-state index in [1.54, 1.807) is 42.5 Å². The summed E-state index contributed by atoms with van der Waals surface area (Å²) in [5.74, 6) is 0.901. The van der Waals surface area contributed by atoms with Crippen LogP contribution in [0.15, 0.2) is 46.9 Å². The third kappa shape index (κ3) is 4.88.